The second kappa shape index (κ2) is 8.22. The molecule has 0 spiro atoms. The number of Topliss-reactive ketones (excluding diaryl/α,β-unsaturated/α-hetero) is 1. The highest BCUT2D eigenvalue weighted by Gasteiger charge is 2.21. The van der Waals surface area contributed by atoms with Crippen LogP contribution in [0, 0.1) is 0 Å². The van der Waals surface area contributed by atoms with E-state index >= 15 is 0 Å². The molecule has 0 aliphatic carbocycles. The summed E-state index contributed by atoms with van der Waals surface area (Å²) >= 11 is 6.32. The maximum Gasteiger partial charge on any atom is 0.281 e. The van der Waals surface area contributed by atoms with E-state index in [1.165, 1.54) is 13.3 Å². The fourth-order valence-electron chi connectivity index (χ4n) is 4.16. The van der Waals surface area contributed by atoms with Gasteiger partial charge in [0, 0.05) is 36.4 Å². The average Bonchev–Trinajstić information content (AvgIpc) is 3.42. The molecular weight excluding hydrogens is 440 g/mol. The molecule has 0 radical (unpaired) electrons. The number of aromatic nitrogens is 5. The minimum absolute atomic E-state index is 0.0713. The average molecular weight is 461 g/mol. The van der Waals surface area contributed by atoms with E-state index in [0.717, 1.165) is 11.4 Å². The molecule has 0 aliphatic rings. The van der Waals surface area contributed by atoms with Crippen molar-refractivity contribution in [2.45, 2.75) is 20.4 Å². The van der Waals surface area contributed by atoms with Gasteiger partial charge < -0.3 is 14.3 Å². The molecule has 33 heavy (non-hydrogen) atoms. The highest BCUT2D eigenvalue weighted by Crippen LogP contribution is 2.28. The third kappa shape index (κ3) is 3.48. The van der Waals surface area contributed by atoms with Gasteiger partial charge in [-0.3, -0.25) is 14.2 Å². The third-order valence-corrected chi connectivity index (χ3v) is 6.03. The number of nitrogens with one attached hydrogen (secondary N) is 1. The minimum atomic E-state index is -0.205. The van der Waals surface area contributed by atoms with Crippen molar-refractivity contribution in [3.63, 3.8) is 0 Å². The quantitative estimate of drug-likeness (QED) is 0.383. The maximum atomic E-state index is 13.5. The molecule has 0 aliphatic heterocycles. The monoisotopic (exact) mass is 460 g/mol. The number of carbonyl (C=O) groups is 1. The molecule has 0 saturated carbocycles. The van der Waals surface area contributed by atoms with E-state index in [2.05, 4.69) is 15.0 Å². The number of H-pyrrole nitrogens is 1. The Morgan fingerprint density at radius 2 is 1.97 bits per heavy atom. The van der Waals surface area contributed by atoms with Crippen LogP contribution in [-0.4, -0.2) is 36.2 Å². The summed E-state index contributed by atoms with van der Waals surface area (Å²) in [7, 11) is 0. The summed E-state index contributed by atoms with van der Waals surface area (Å²) < 4.78 is 3.42. The van der Waals surface area contributed by atoms with Crippen LogP contribution in [0.3, 0.4) is 0 Å². The number of nitrogens with zero attached hydrogens (tertiary/aromatic N) is 5. The van der Waals surface area contributed by atoms with Crippen LogP contribution in [0.25, 0.3) is 22.2 Å². The van der Waals surface area contributed by atoms with Crippen molar-refractivity contribution in [1.29, 1.82) is 0 Å². The Morgan fingerprint density at radius 1 is 1.18 bits per heavy atom. The Hall–Kier alpha value is -3.91. The van der Waals surface area contributed by atoms with Crippen LogP contribution in [0.5, 0.6) is 0 Å². The molecule has 0 fully saturated rings. The van der Waals surface area contributed by atoms with Crippen LogP contribution < -0.4 is 10.5 Å². The lowest BCUT2D eigenvalue weighted by Crippen LogP contribution is -2.30. The minimum Gasteiger partial charge on any atom is -0.350 e. The molecule has 0 unspecified atom stereocenters. The first-order valence-corrected chi connectivity index (χ1v) is 10.9. The lowest BCUT2D eigenvalue weighted by atomic mass is 10.1. The smallest absolute Gasteiger partial charge is 0.281 e. The van der Waals surface area contributed by atoms with E-state index in [9.17, 15) is 9.59 Å². The summed E-state index contributed by atoms with van der Waals surface area (Å²) in [6.07, 6.45) is 6.81. The Morgan fingerprint density at radius 3 is 2.70 bits per heavy atom. The van der Waals surface area contributed by atoms with E-state index in [1.807, 2.05) is 48.4 Å². The molecule has 1 N–H and O–H groups in total. The number of fused-ring (bicyclic) bond motifs is 2. The summed E-state index contributed by atoms with van der Waals surface area (Å²) in [4.78, 5) is 39.6. The maximum absolute atomic E-state index is 13.5. The fourth-order valence-corrected chi connectivity index (χ4v) is 4.40. The molecule has 0 atom stereocenters. The number of halogens is 1. The van der Waals surface area contributed by atoms with Gasteiger partial charge in [-0.25, -0.2) is 9.97 Å². The summed E-state index contributed by atoms with van der Waals surface area (Å²) in [6.45, 7) is 4.50. The Bertz CT molecular complexity index is 1550. The Labute approximate surface area is 194 Å². The van der Waals surface area contributed by atoms with Crippen molar-refractivity contribution in [3.8, 4) is 5.69 Å². The first-order valence-electron chi connectivity index (χ1n) is 10.5. The summed E-state index contributed by atoms with van der Waals surface area (Å²) in [5.74, 6) is 0.560. The third-order valence-electron chi connectivity index (χ3n) is 5.72. The van der Waals surface area contributed by atoms with Gasteiger partial charge in [0.2, 0.25) is 0 Å². The molecule has 9 heteroatoms. The van der Waals surface area contributed by atoms with Crippen molar-refractivity contribution in [3.05, 3.63) is 87.9 Å². The number of hydrogen-bond donors (Lipinski definition) is 1. The molecule has 8 nitrogen and oxygen atoms in total. The van der Waals surface area contributed by atoms with Gasteiger partial charge in [-0.15, -0.1) is 0 Å². The van der Waals surface area contributed by atoms with Gasteiger partial charge in [0.25, 0.3) is 5.56 Å². The number of anilines is 1. The predicted octanol–water partition coefficient (Wildman–Crippen LogP) is 4.24. The van der Waals surface area contributed by atoms with E-state index < -0.39 is 0 Å². The first-order chi connectivity index (χ1) is 16.0. The van der Waals surface area contributed by atoms with Crippen LogP contribution in [0.2, 0.25) is 5.02 Å². The molecule has 0 saturated heterocycles. The molecule has 4 heterocycles. The van der Waals surface area contributed by atoms with Crippen molar-refractivity contribution >= 4 is 39.8 Å². The molecule has 0 bridgehead atoms. The number of para-hydroxylation sites is 1. The Kier molecular flexibility index (Phi) is 5.22. The Balaban J connectivity index is 1.71. The zero-order valence-electron chi connectivity index (χ0n) is 18.1. The molecule has 166 valence electrons. The van der Waals surface area contributed by atoms with Gasteiger partial charge in [0.1, 0.15) is 23.3 Å². The van der Waals surface area contributed by atoms with E-state index in [4.69, 9.17) is 11.6 Å². The molecule has 4 aromatic heterocycles. The largest absolute Gasteiger partial charge is 0.350 e. The highest BCUT2D eigenvalue weighted by atomic mass is 35.5. The van der Waals surface area contributed by atoms with Crippen molar-refractivity contribution in [2.24, 2.45) is 0 Å². The van der Waals surface area contributed by atoms with Crippen molar-refractivity contribution in [2.75, 3.05) is 11.4 Å². The van der Waals surface area contributed by atoms with Crippen LogP contribution in [-0.2, 0) is 6.54 Å². The summed E-state index contributed by atoms with van der Waals surface area (Å²) in [5, 5.41) is 1.07. The first kappa shape index (κ1) is 21.0. The standard InChI is InChI=1S/C24H21ClN6O2/c1-3-29(23-20-18(15(2)32)11-26-22(20)27-14-28-23)12-17-13-30-10-9-19(25)21(30)24(33)31(17)16-7-5-4-6-8-16/h4-11,13-14H,3,12H2,1-2H3,(H,26,27,28). The fraction of sp³-hybridized carbons (Fsp3) is 0.167. The normalized spacial score (nSPS) is 11.4. The number of ketones is 1. The van der Waals surface area contributed by atoms with Gasteiger partial charge in [0.15, 0.2) is 5.78 Å². The van der Waals surface area contributed by atoms with Crippen LogP contribution in [0.1, 0.15) is 29.9 Å². The molecular formula is C24H21ClN6O2. The zero-order valence-corrected chi connectivity index (χ0v) is 18.9. The van der Waals surface area contributed by atoms with Gasteiger partial charge in [0.05, 0.1) is 22.6 Å². The van der Waals surface area contributed by atoms with E-state index in [1.54, 1.807) is 27.4 Å². The molecule has 1 aromatic carbocycles. The molecule has 5 rings (SSSR count). The van der Waals surface area contributed by atoms with Crippen LogP contribution in [0.4, 0.5) is 5.82 Å². The van der Waals surface area contributed by atoms with E-state index in [0.29, 0.717) is 46.0 Å². The second-order valence-corrected chi connectivity index (χ2v) is 8.12. The van der Waals surface area contributed by atoms with Crippen LogP contribution in [0.15, 0.2) is 66.1 Å². The summed E-state index contributed by atoms with van der Waals surface area (Å²) in [6, 6.07) is 11.2. The number of rotatable bonds is 6. The molecule has 0 amide bonds. The number of benzene rings is 1. The molecule has 5 aromatic rings. The second-order valence-electron chi connectivity index (χ2n) is 7.71. The SMILES string of the molecule is CCN(Cc1cn2ccc(Cl)c2c(=O)n1-c1ccccc1)c1ncnc2[nH]cc(C(C)=O)c12. The van der Waals surface area contributed by atoms with Gasteiger partial charge in [-0.2, -0.15) is 0 Å². The van der Waals surface area contributed by atoms with Crippen molar-refractivity contribution in [1.82, 2.24) is 23.9 Å². The topological polar surface area (TPSA) is 88.3 Å². The van der Waals surface area contributed by atoms with Gasteiger partial charge in [-0.1, -0.05) is 29.8 Å². The number of aromatic amines is 1. The van der Waals surface area contributed by atoms with Crippen molar-refractivity contribution < 1.29 is 4.79 Å². The number of carbonyl (C=O) groups excluding carboxylic acids is 1. The van der Waals surface area contributed by atoms with Gasteiger partial charge >= 0.3 is 0 Å². The number of hydrogen-bond acceptors (Lipinski definition) is 5. The lowest BCUT2D eigenvalue weighted by molar-refractivity contribution is 0.101. The van der Waals surface area contributed by atoms with Gasteiger partial charge in [-0.05, 0) is 32.0 Å². The van der Waals surface area contributed by atoms with E-state index in [-0.39, 0.29) is 11.3 Å². The lowest BCUT2D eigenvalue weighted by Gasteiger charge is -2.25. The highest BCUT2D eigenvalue weighted by molar-refractivity contribution is 6.33. The zero-order chi connectivity index (χ0) is 23.1. The predicted molar refractivity (Wildman–Crippen MR) is 129 cm³/mol. The summed E-state index contributed by atoms with van der Waals surface area (Å²) in [5.41, 5.74) is 2.83. The van der Waals surface area contributed by atoms with Crippen LogP contribution >= 0.6 is 11.6 Å².